The molecule has 2 N–H and O–H groups in total. The van der Waals surface area contributed by atoms with Gasteiger partial charge in [-0.2, -0.15) is 13.9 Å². The Morgan fingerprint density at radius 1 is 1.32 bits per heavy atom. The Morgan fingerprint density at radius 2 is 2.11 bits per heavy atom. The van der Waals surface area contributed by atoms with Gasteiger partial charge in [0.1, 0.15) is 29.0 Å². The molecule has 0 atom stereocenters. The first-order valence-corrected chi connectivity index (χ1v) is 8.44. The number of nitrogens with zero attached hydrogens (tertiary/aromatic N) is 4. The molecule has 0 radical (unpaired) electrons. The maximum absolute atomic E-state index is 14.4. The van der Waals surface area contributed by atoms with E-state index in [0.29, 0.717) is 10.2 Å². The molecule has 0 saturated carbocycles. The Hall–Kier alpha value is -3.07. The highest BCUT2D eigenvalue weighted by molar-refractivity contribution is 6.29. The second-order valence-corrected chi connectivity index (χ2v) is 6.07. The zero-order chi connectivity index (χ0) is 20.3. The molecule has 10 heteroatoms. The van der Waals surface area contributed by atoms with Crippen molar-refractivity contribution in [1.29, 1.82) is 0 Å². The molecule has 0 aliphatic rings. The van der Waals surface area contributed by atoms with Crippen molar-refractivity contribution in [3.8, 4) is 17.1 Å². The van der Waals surface area contributed by atoms with E-state index in [-0.39, 0.29) is 46.8 Å². The van der Waals surface area contributed by atoms with Gasteiger partial charge in [-0.15, -0.1) is 0 Å². The molecular weight excluding hydrogens is 395 g/mol. The predicted molar refractivity (Wildman–Crippen MR) is 98.8 cm³/mol. The van der Waals surface area contributed by atoms with Crippen LogP contribution in [0.4, 0.5) is 19.1 Å². The zero-order valence-electron chi connectivity index (χ0n) is 14.4. The van der Waals surface area contributed by atoms with Crippen LogP contribution in [-0.4, -0.2) is 26.4 Å². The summed E-state index contributed by atoms with van der Waals surface area (Å²) >= 11 is 5.89. The Balaban J connectivity index is 2.09. The zero-order valence-corrected chi connectivity index (χ0v) is 15.2. The van der Waals surface area contributed by atoms with E-state index in [4.69, 9.17) is 22.1 Å². The molecule has 0 spiro atoms. The lowest BCUT2D eigenvalue weighted by Crippen LogP contribution is -2.02. The van der Waals surface area contributed by atoms with Gasteiger partial charge in [0.05, 0.1) is 5.69 Å². The average molecular weight is 410 g/mol. The number of rotatable bonds is 7. The molecule has 28 heavy (non-hydrogen) atoms. The summed E-state index contributed by atoms with van der Waals surface area (Å²) < 4.78 is 46.8. The summed E-state index contributed by atoms with van der Waals surface area (Å²) in [6.07, 6.45) is 2.57. The van der Waals surface area contributed by atoms with Crippen LogP contribution in [0.1, 0.15) is 17.7 Å². The second-order valence-electron chi connectivity index (χ2n) is 5.69. The van der Waals surface area contributed by atoms with E-state index in [2.05, 4.69) is 21.6 Å². The van der Waals surface area contributed by atoms with Crippen LogP contribution in [0.15, 0.2) is 43.1 Å². The maximum atomic E-state index is 14.4. The highest BCUT2D eigenvalue weighted by Gasteiger charge is 2.21. The fourth-order valence-corrected chi connectivity index (χ4v) is 2.81. The van der Waals surface area contributed by atoms with Crippen molar-refractivity contribution in [3.05, 3.63) is 65.2 Å². The number of nitrogen functional groups attached to an aromatic ring is 1. The number of hydrogen-bond donors (Lipinski definition) is 1. The summed E-state index contributed by atoms with van der Waals surface area (Å²) in [6.45, 7) is 0.826. The van der Waals surface area contributed by atoms with Crippen LogP contribution in [-0.2, 0) is 6.42 Å². The lowest BCUT2D eigenvalue weighted by atomic mass is 10.0. The normalized spacial score (nSPS) is 11.0. The van der Waals surface area contributed by atoms with E-state index in [1.807, 2.05) is 0 Å². The first-order valence-electron chi connectivity index (χ1n) is 8.06. The van der Waals surface area contributed by atoms with Gasteiger partial charge in [-0.1, -0.05) is 30.3 Å². The fourth-order valence-electron chi connectivity index (χ4n) is 2.62. The molecule has 2 aromatic heterocycles. The van der Waals surface area contributed by atoms with Crippen LogP contribution in [0.25, 0.3) is 11.4 Å². The SMILES string of the molecule is C=CCOc1cccc(F)c1Cc1cn(C(F)F)nc1-c1cc(Cl)nc(N)n1. The van der Waals surface area contributed by atoms with Crippen LogP contribution < -0.4 is 10.5 Å². The molecule has 0 amide bonds. The second kappa shape index (κ2) is 8.30. The lowest BCUT2D eigenvalue weighted by molar-refractivity contribution is 0.0567. The standard InChI is InChI=1S/C18H15ClF3N5O/c1-2-6-28-14-5-3-4-12(20)11(14)7-10-9-27(17(21)22)26-16(10)13-8-15(19)25-18(23)24-13/h2-5,8-9,17H,1,6-7H2,(H2,23,24,25). The van der Waals surface area contributed by atoms with E-state index >= 15 is 0 Å². The van der Waals surface area contributed by atoms with Gasteiger partial charge < -0.3 is 10.5 Å². The van der Waals surface area contributed by atoms with Gasteiger partial charge in [0.25, 0.3) is 0 Å². The fraction of sp³-hybridized carbons (Fsp3) is 0.167. The third-order valence-electron chi connectivity index (χ3n) is 3.76. The number of nitrogens with two attached hydrogens (primary N) is 1. The Bertz CT molecular complexity index is 989. The summed E-state index contributed by atoms with van der Waals surface area (Å²) in [4.78, 5) is 7.73. The van der Waals surface area contributed by atoms with Gasteiger partial charge in [0, 0.05) is 29.8 Å². The van der Waals surface area contributed by atoms with E-state index in [1.54, 1.807) is 6.07 Å². The van der Waals surface area contributed by atoms with Crippen LogP contribution in [0.5, 0.6) is 5.75 Å². The Morgan fingerprint density at radius 3 is 2.79 bits per heavy atom. The number of benzene rings is 1. The molecule has 0 aliphatic heterocycles. The predicted octanol–water partition coefficient (Wildman–Crippen LogP) is 4.27. The first-order chi connectivity index (χ1) is 13.4. The van der Waals surface area contributed by atoms with Gasteiger partial charge in [-0.25, -0.2) is 19.0 Å². The monoisotopic (exact) mass is 409 g/mol. The van der Waals surface area contributed by atoms with Crippen LogP contribution in [0.3, 0.4) is 0 Å². The van der Waals surface area contributed by atoms with E-state index in [0.717, 1.165) is 6.20 Å². The van der Waals surface area contributed by atoms with Crippen molar-refractivity contribution in [2.75, 3.05) is 12.3 Å². The summed E-state index contributed by atoms with van der Waals surface area (Å²) in [7, 11) is 0. The Labute approximate surface area is 163 Å². The van der Waals surface area contributed by atoms with Crippen molar-refractivity contribution >= 4 is 17.5 Å². The van der Waals surface area contributed by atoms with Crippen molar-refractivity contribution in [3.63, 3.8) is 0 Å². The number of alkyl halides is 2. The molecule has 2 heterocycles. The third-order valence-corrected chi connectivity index (χ3v) is 3.96. The van der Waals surface area contributed by atoms with Gasteiger partial charge in [-0.3, -0.25) is 0 Å². The van der Waals surface area contributed by atoms with Crippen molar-refractivity contribution in [2.24, 2.45) is 0 Å². The van der Waals surface area contributed by atoms with Crippen molar-refractivity contribution in [2.45, 2.75) is 13.0 Å². The summed E-state index contributed by atoms with van der Waals surface area (Å²) in [5.41, 5.74) is 6.31. The smallest absolute Gasteiger partial charge is 0.333 e. The molecular formula is C18H15ClF3N5O. The molecule has 6 nitrogen and oxygen atoms in total. The molecule has 146 valence electrons. The quantitative estimate of drug-likeness (QED) is 0.466. The summed E-state index contributed by atoms with van der Waals surface area (Å²) in [5.74, 6) is -0.408. The minimum atomic E-state index is -2.89. The van der Waals surface area contributed by atoms with Gasteiger partial charge in [-0.05, 0) is 12.1 Å². The number of ether oxygens (including phenoxy) is 1. The van der Waals surface area contributed by atoms with E-state index in [1.165, 1.54) is 24.3 Å². The van der Waals surface area contributed by atoms with Crippen molar-refractivity contribution in [1.82, 2.24) is 19.7 Å². The van der Waals surface area contributed by atoms with Gasteiger partial charge in [0.2, 0.25) is 5.95 Å². The molecule has 3 rings (SSSR count). The lowest BCUT2D eigenvalue weighted by Gasteiger charge is -2.11. The van der Waals surface area contributed by atoms with E-state index in [9.17, 15) is 13.2 Å². The number of hydrogen-bond acceptors (Lipinski definition) is 5. The number of anilines is 1. The average Bonchev–Trinajstić information content (AvgIpc) is 3.06. The van der Waals surface area contributed by atoms with Gasteiger partial charge in [0.15, 0.2) is 0 Å². The maximum Gasteiger partial charge on any atom is 0.333 e. The molecule has 0 bridgehead atoms. The van der Waals surface area contributed by atoms with Crippen LogP contribution >= 0.6 is 11.6 Å². The summed E-state index contributed by atoms with van der Waals surface area (Å²) in [6, 6.07) is 5.67. The number of aromatic nitrogens is 4. The molecule has 0 saturated heterocycles. The third kappa shape index (κ3) is 4.25. The molecule has 0 unspecified atom stereocenters. The highest BCUT2D eigenvalue weighted by atomic mass is 35.5. The Kier molecular flexibility index (Phi) is 5.84. The topological polar surface area (TPSA) is 78.8 Å². The molecule has 0 aliphatic carbocycles. The minimum Gasteiger partial charge on any atom is -0.489 e. The molecule has 0 fully saturated rings. The van der Waals surface area contributed by atoms with Crippen molar-refractivity contribution < 1.29 is 17.9 Å². The van der Waals surface area contributed by atoms with Crippen LogP contribution in [0.2, 0.25) is 5.15 Å². The van der Waals surface area contributed by atoms with Crippen LogP contribution in [0, 0.1) is 5.82 Å². The van der Waals surface area contributed by atoms with E-state index < -0.39 is 12.4 Å². The highest BCUT2D eigenvalue weighted by Crippen LogP contribution is 2.31. The minimum absolute atomic E-state index is 0.0287. The molecule has 3 aromatic rings. The summed E-state index contributed by atoms with van der Waals surface area (Å²) in [5, 5.41) is 3.89. The van der Waals surface area contributed by atoms with Gasteiger partial charge >= 0.3 is 6.55 Å². The number of halogens is 4. The largest absolute Gasteiger partial charge is 0.489 e. The molecule has 1 aromatic carbocycles. The first kappa shape index (κ1) is 19.7.